The van der Waals surface area contributed by atoms with Gasteiger partial charge in [0.15, 0.2) is 11.5 Å². The Morgan fingerprint density at radius 3 is 2.59 bits per heavy atom. The molecule has 92 valence electrons. The fourth-order valence-corrected chi connectivity index (χ4v) is 1.20. The van der Waals surface area contributed by atoms with Gasteiger partial charge in [-0.1, -0.05) is 13.8 Å². The molecular weight excluding hydrogens is 222 g/mol. The van der Waals surface area contributed by atoms with Gasteiger partial charge in [-0.25, -0.2) is 14.8 Å². The fraction of sp³-hybridized carbons (Fsp3) is 0.455. The molecule has 1 aromatic rings. The van der Waals surface area contributed by atoms with Crippen LogP contribution in [0.5, 0.6) is 0 Å². The number of aromatic nitrogens is 2. The number of hydrogen-bond acceptors (Lipinski definition) is 4. The molecule has 1 aromatic heterocycles. The predicted octanol–water partition coefficient (Wildman–Crippen LogP) is 1.55. The average molecular weight is 237 g/mol. The van der Waals surface area contributed by atoms with E-state index in [0.29, 0.717) is 12.3 Å². The highest BCUT2D eigenvalue weighted by atomic mass is 16.4. The number of rotatable bonds is 5. The van der Waals surface area contributed by atoms with Crippen LogP contribution in [0, 0.1) is 5.92 Å². The van der Waals surface area contributed by atoms with Crippen LogP contribution in [0.15, 0.2) is 12.4 Å². The maximum Gasteiger partial charge on any atom is 0.358 e. The molecule has 0 fully saturated rings. The average Bonchev–Trinajstić information content (AvgIpc) is 2.27. The first-order valence-corrected chi connectivity index (χ1v) is 5.35. The van der Waals surface area contributed by atoms with Gasteiger partial charge in [-0.3, -0.25) is 4.79 Å². The lowest BCUT2D eigenvalue weighted by Crippen LogP contribution is -2.17. The van der Waals surface area contributed by atoms with Crippen LogP contribution in [0.4, 0.5) is 5.82 Å². The van der Waals surface area contributed by atoms with Gasteiger partial charge in [-0.2, -0.15) is 0 Å². The van der Waals surface area contributed by atoms with Crippen molar-refractivity contribution >= 4 is 17.7 Å². The van der Waals surface area contributed by atoms with E-state index < -0.39 is 5.97 Å². The van der Waals surface area contributed by atoms with E-state index >= 15 is 0 Å². The first kappa shape index (κ1) is 13.1. The molecule has 0 radical (unpaired) electrons. The minimum absolute atomic E-state index is 0.00578. The summed E-state index contributed by atoms with van der Waals surface area (Å²) in [4.78, 5) is 29.8. The van der Waals surface area contributed by atoms with E-state index in [4.69, 9.17) is 5.11 Å². The van der Waals surface area contributed by atoms with Crippen molar-refractivity contribution in [2.24, 2.45) is 5.92 Å². The molecule has 0 aliphatic heterocycles. The Kier molecular flexibility index (Phi) is 4.56. The van der Waals surface area contributed by atoms with E-state index in [1.54, 1.807) is 0 Å². The summed E-state index contributed by atoms with van der Waals surface area (Å²) in [6, 6.07) is 0. The Hall–Kier alpha value is -1.98. The van der Waals surface area contributed by atoms with Gasteiger partial charge < -0.3 is 10.4 Å². The molecule has 6 nitrogen and oxygen atoms in total. The number of carboxylic acid groups (broad SMARTS) is 1. The van der Waals surface area contributed by atoms with Crippen molar-refractivity contribution in [1.29, 1.82) is 0 Å². The summed E-state index contributed by atoms with van der Waals surface area (Å²) >= 11 is 0. The summed E-state index contributed by atoms with van der Waals surface area (Å²) < 4.78 is 0. The van der Waals surface area contributed by atoms with E-state index in [0.717, 1.165) is 6.42 Å². The van der Waals surface area contributed by atoms with Crippen LogP contribution in [0.1, 0.15) is 37.2 Å². The van der Waals surface area contributed by atoms with Gasteiger partial charge in [0.05, 0.1) is 0 Å². The maximum absolute atomic E-state index is 11.5. The molecule has 1 heterocycles. The van der Waals surface area contributed by atoms with Crippen molar-refractivity contribution in [2.75, 3.05) is 5.32 Å². The Bertz CT molecular complexity index is 418. The summed E-state index contributed by atoms with van der Waals surface area (Å²) in [5.41, 5.74) is -0.245. The molecule has 1 amide bonds. The van der Waals surface area contributed by atoms with Gasteiger partial charge in [0.1, 0.15) is 0 Å². The number of amides is 1. The van der Waals surface area contributed by atoms with E-state index in [9.17, 15) is 9.59 Å². The Morgan fingerprint density at radius 2 is 2.00 bits per heavy atom. The van der Waals surface area contributed by atoms with Crippen molar-refractivity contribution < 1.29 is 14.7 Å². The highest BCUT2D eigenvalue weighted by Crippen LogP contribution is 2.10. The normalized spacial score (nSPS) is 10.3. The Morgan fingerprint density at radius 1 is 1.35 bits per heavy atom. The van der Waals surface area contributed by atoms with Crippen molar-refractivity contribution in [3.05, 3.63) is 18.1 Å². The van der Waals surface area contributed by atoms with E-state index in [-0.39, 0.29) is 17.4 Å². The molecule has 1 rings (SSSR count). The highest BCUT2D eigenvalue weighted by molar-refractivity contribution is 5.97. The first-order chi connectivity index (χ1) is 8.00. The number of aromatic carboxylic acids is 1. The maximum atomic E-state index is 11.5. The Balaban J connectivity index is 2.68. The number of nitrogens with zero attached hydrogens (tertiary/aromatic N) is 2. The zero-order chi connectivity index (χ0) is 12.8. The van der Waals surface area contributed by atoms with Crippen LogP contribution in [-0.2, 0) is 4.79 Å². The Labute approximate surface area is 99.1 Å². The highest BCUT2D eigenvalue weighted by Gasteiger charge is 2.14. The zero-order valence-corrected chi connectivity index (χ0v) is 9.80. The fourth-order valence-electron chi connectivity index (χ4n) is 1.20. The van der Waals surface area contributed by atoms with Gasteiger partial charge in [-0.05, 0) is 12.3 Å². The number of anilines is 1. The lowest BCUT2D eigenvalue weighted by atomic mass is 10.1. The molecule has 17 heavy (non-hydrogen) atoms. The zero-order valence-electron chi connectivity index (χ0n) is 9.80. The molecule has 0 aliphatic rings. The summed E-state index contributed by atoms with van der Waals surface area (Å²) in [6.45, 7) is 4.02. The second-order valence-corrected chi connectivity index (χ2v) is 4.04. The number of carbonyl (C=O) groups excluding carboxylic acids is 1. The SMILES string of the molecule is CC(C)CCC(=O)Nc1nccnc1C(=O)O. The second-order valence-electron chi connectivity index (χ2n) is 4.04. The molecule has 0 saturated carbocycles. The summed E-state index contributed by atoms with van der Waals surface area (Å²) in [5.74, 6) is -1.05. The van der Waals surface area contributed by atoms with Gasteiger partial charge in [0, 0.05) is 18.8 Å². The molecule has 0 aliphatic carbocycles. The van der Waals surface area contributed by atoms with Crippen LogP contribution in [0.2, 0.25) is 0 Å². The molecule has 0 spiro atoms. The molecule has 0 atom stereocenters. The van der Waals surface area contributed by atoms with Gasteiger partial charge in [-0.15, -0.1) is 0 Å². The van der Waals surface area contributed by atoms with Crippen LogP contribution < -0.4 is 5.32 Å². The molecule has 0 saturated heterocycles. The molecule has 0 bridgehead atoms. The van der Waals surface area contributed by atoms with E-state index in [1.807, 2.05) is 13.8 Å². The summed E-state index contributed by atoms with van der Waals surface area (Å²) in [6.07, 6.45) is 3.69. The van der Waals surface area contributed by atoms with Crippen molar-refractivity contribution in [1.82, 2.24) is 9.97 Å². The number of carbonyl (C=O) groups is 2. The topological polar surface area (TPSA) is 92.2 Å². The van der Waals surface area contributed by atoms with Gasteiger partial charge in [0.25, 0.3) is 0 Å². The second kappa shape index (κ2) is 5.93. The predicted molar refractivity (Wildman–Crippen MR) is 61.7 cm³/mol. The summed E-state index contributed by atoms with van der Waals surface area (Å²) in [5, 5.41) is 11.3. The largest absolute Gasteiger partial charge is 0.476 e. The number of nitrogens with one attached hydrogen (secondary N) is 1. The van der Waals surface area contributed by atoms with E-state index in [2.05, 4.69) is 15.3 Å². The van der Waals surface area contributed by atoms with Crippen molar-refractivity contribution in [2.45, 2.75) is 26.7 Å². The molecule has 0 aromatic carbocycles. The monoisotopic (exact) mass is 237 g/mol. The van der Waals surface area contributed by atoms with Crippen LogP contribution in [0.25, 0.3) is 0 Å². The third kappa shape index (κ3) is 4.18. The molecular formula is C11H15N3O3. The smallest absolute Gasteiger partial charge is 0.358 e. The van der Waals surface area contributed by atoms with Crippen LogP contribution in [0.3, 0.4) is 0 Å². The van der Waals surface area contributed by atoms with Gasteiger partial charge in [0.2, 0.25) is 5.91 Å². The number of hydrogen-bond donors (Lipinski definition) is 2. The third-order valence-electron chi connectivity index (χ3n) is 2.11. The van der Waals surface area contributed by atoms with Crippen molar-refractivity contribution in [3.63, 3.8) is 0 Å². The lowest BCUT2D eigenvalue weighted by Gasteiger charge is -2.07. The number of carboxylic acids is 1. The summed E-state index contributed by atoms with van der Waals surface area (Å²) in [7, 11) is 0. The van der Waals surface area contributed by atoms with Crippen LogP contribution >= 0.6 is 0 Å². The lowest BCUT2D eigenvalue weighted by molar-refractivity contribution is -0.116. The van der Waals surface area contributed by atoms with Crippen LogP contribution in [-0.4, -0.2) is 27.0 Å². The molecule has 6 heteroatoms. The minimum atomic E-state index is -1.21. The van der Waals surface area contributed by atoms with Crippen molar-refractivity contribution in [3.8, 4) is 0 Å². The first-order valence-electron chi connectivity index (χ1n) is 5.35. The standard InChI is InChI=1S/C11H15N3O3/c1-7(2)3-4-8(15)14-10-9(11(16)17)12-5-6-13-10/h5-7H,3-4H2,1-2H3,(H,16,17)(H,13,14,15). The molecule has 0 unspecified atom stereocenters. The van der Waals surface area contributed by atoms with Gasteiger partial charge >= 0.3 is 5.97 Å². The third-order valence-corrected chi connectivity index (χ3v) is 2.11. The quantitative estimate of drug-likeness (QED) is 0.810. The molecule has 2 N–H and O–H groups in total. The van der Waals surface area contributed by atoms with E-state index in [1.165, 1.54) is 12.4 Å². The minimum Gasteiger partial charge on any atom is -0.476 e.